The Hall–Kier alpha value is -1.56. The fourth-order valence-electron chi connectivity index (χ4n) is 1.69. The lowest BCUT2D eigenvalue weighted by molar-refractivity contribution is 0.0529. The maximum absolute atomic E-state index is 11.7. The van der Waals surface area contributed by atoms with Crippen LogP contribution in [0.3, 0.4) is 0 Å². The maximum atomic E-state index is 11.7. The highest BCUT2D eigenvalue weighted by atomic mass is 32.2. The molecule has 0 spiro atoms. The first-order valence-electron chi connectivity index (χ1n) is 6.09. The molecule has 0 aliphatic carbocycles. The molecule has 1 aromatic carbocycles. The average Bonchev–Trinajstić information content (AvgIpc) is 2.27. The van der Waals surface area contributed by atoms with E-state index in [1.165, 1.54) is 6.07 Å². The number of rotatable bonds is 6. The van der Waals surface area contributed by atoms with Gasteiger partial charge in [-0.25, -0.2) is 13.2 Å². The molecular formula is C13H19NO4S. The third-order valence-corrected chi connectivity index (χ3v) is 4.30. The van der Waals surface area contributed by atoms with Crippen LogP contribution in [0.1, 0.15) is 29.3 Å². The first-order chi connectivity index (χ1) is 8.84. The lowest BCUT2D eigenvalue weighted by atomic mass is 10.1. The van der Waals surface area contributed by atoms with Gasteiger partial charge in [0, 0.05) is 5.69 Å². The van der Waals surface area contributed by atoms with E-state index < -0.39 is 15.8 Å². The van der Waals surface area contributed by atoms with Gasteiger partial charge < -0.3 is 10.5 Å². The minimum absolute atomic E-state index is 0.113. The van der Waals surface area contributed by atoms with Crippen molar-refractivity contribution in [1.29, 1.82) is 0 Å². The van der Waals surface area contributed by atoms with Gasteiger partial charge in [-0.05, 0) is 37.1 Å². The van der Waals surface area contributed by atoms with Gasteiger partial charge in [0.15, 0.2) is 9.84 Å². The van der Waals surface area contributed by atoms with E-state index >= 15 is 0 Å². The highest BCUT2D eigenvalue weighted by Gasteiger charge is 2.13. The highest BCUT2D eigenvalue weighted by Crippen LogP contribution is 2.12. The first kappa shape index (κ1) is 15.5. The van der Waals surface area contributed by atoms with Crippen molar-refractivity contribution in [3.05, 3.63) is 29.3 Å². The number of hydrogen-bond donors (Lipinski definition) is 1. The normalized spacial score (nSPS) is 11.3. The molecule has 1 rings (SSSR count). The summed E-state index contributed by atoms with van der Waals surface area (Å²) in [6, 6.07) is 4.90. The number of anilines is 1. The number of nitrogen functional groups attached to an aromatic ring is 1. The van der Waals surface area contributed by atoms with Gasteiger partial charge in [-0.2, -0.15) is 0 Å². The van der Waals surface area contributed by atoms with Crippen molar-refractivity contribution in [3.63, 3.8) is 0 Å². The van der Waals surface area contributed by atoms with Crippen LogP contribution in [-0.4, -0.2) is 32.5 Å². The Morgan fingerprint density at radius 1 is 1.26 bits per heavy atom. The molecular weight excluding hydrogens is 266 g/mol. The quantitative estimate of drug-likeness (QED) is 0.633. The second-order valence-electron chi connectivity index (χ2n) is 4.42. The summed E-state index contributed by atoms with van der Waals surface area (Å²) < 4.78 is 27.8. The maximum Gasteiger partial charge on any atom is 0.338 e. The summed E-state index contributed by atoms with van der Waals surface area (Å²) in [7, 11) is -3.13. The zero-order valence-electron chi connectivity index (χ0n) is 11.2. The SMILES string of the molecule is CCCS(=O)(=O)CCOC(=O)c1cc(C)cc(N)c1. The van der Waals surface area contributed by atoms with Crippen molar-refractivity contribution >= 4 is 21.5 Å². The summed E-state index contributed by atoms with van der Waals surface area (Å²) in [6.07, 6.45) is 0.560. The molecule has 0 aliphatic heterocycles. The number of carbonyl (C=O) groups excluding carboxylic acids is 1. The smallest absolute Gasteiger partial charge is 0.338 e. The molecule has 19 heavy (non-hydrogen) atoms. The number of carbonyl (C=O) groups is 1. The predicted molar refractivity (Wildman–Crippen MR) is 74.8 cm³/mol. The number of benzene rings is 1. The Morgan fingerprint density at radius 2 is 1.95 bits per heavy atom. The molecule has 0 unspecified atom stereocenters. The molecule has 2 N–H and O–H groups in total. The predicted octanol–water partition coefficient (Wildman–Crippen LogP) is 1.56. The van der Waals surface area contributed by atoms with Crippen LogP contribution in [-0.2, 0) is 14.6 Å². The van der Waals surface area contributed by atoms with Gasteiger partial charge in [-0.1, -0.05) is 6.92 Å². The molecule has 1 aromatic rings. The van der Waals surface area contributed by atoms with Gasteiger partial charge >= 0.3 is 5.97 Å². The fraction of sp³-hybridized carbons (Fsp3) is 0.462. The van der Waals surface area contributed by atoms with Gasteiger partial charge in [0.05, 0.1) is 17.1 Å². The van der Waals surface area contributed by atoms with E-state index in [4.69, 9.17) is 10.5 Å². The molecule has 0 heterocycles. The summed E-state index contributed by atoms with van der Waals surface area (Å²) in [4.78, 5) is 11.7. The first-order valence-corrected chi connectivity index (χ1v) is 7.91. The lowest BCUT2D eigenvalue weighted by Crippen LogP contribution is -2.17. The van der Waals surface area contributed by atoms with Crippen molar-refractivity contribution in [2.45, 2.75) is 20.3 Å². The van der Waals surface area contributed by atoms with E-state index in [1.807, 2.05) is 6.92 Å². The number of ether oxygens (including phenoxy) is 1. The molecule has 0 aromatic heterocycles. The lowest BCUT2D eigenvalue weighted by Gasteiger charge is -2.07. The number of aryl methyl sites for hydroxylation is 1. The van der Waals surface area contributed by atoms with Crippen molar-refractivity contribution in [2.24, 2.45) is 0 Å². The average molecular weight is 285 g/mol. The zero-order valence-corrected chi connectivity index (χ0v) is 12.0. The monoisotopic (exact) mass is 285 g/mol. The van der Waals surface area contributed by atoms with E-state index in [-0.39, 0.29) is 18.1 Å². The Bertz CT molecular complexity index is 532. The second kappa shape index (κ2) is 6.56. The van der Waals surface area contributed by atoms with Crippen LogP contribution in [0.15, 0.2) is 18.2 Å². The van der Waals surface area contributed by atoms with E-state index in [9.17, 15) is 13.2 Å². The molecule has 6 heteroatoms. The van der Waals surface area contributed by atoms with E-state index in [0.29, 0.717) is 17.7 Å². The summed E-state index contributed by atoms with van der Waals surface area (Å²) in [5.41, 5.74) is 7.30. The summed E-state index contributed by atoms with van der Waals surface area (Å²) >= 11 is 0. The van der Waals surface area contributed by atoms with Crippen LogP contribution >= 0.6 is 0 Å². The molecule has 0 aliphatic rings. The van der Waals surface area contributed by atoms with Crippen LogP contribution in [0.2, 0.25) is 0 Å². The highest BCUT2D eigenvalue weighted by molar-refractivity contribution is 7.91. The van der Waals surface area contributed by atoms with Crippen LogP contribution in [0, 0.1) is 6.92 Å². The Kier molecular flexibility index (Phi) is 5.35. The molecule has 0 saturated carbocycles. The van der Waals surface area contributed by atoms with Crippen LogP contribution < -0.4 is 5.73 Å². The minimum Gasteiger partial charge on any atom is -0.461 e. The summed E-state index contributed by atoms with van der Waals surface area (Å²) in [6.45, 7) is 3.48. The van der Waals surface area contributed by atoms with Crippen LogP contribution in [0.25, 0.3) is 0 Å². The third kappa shape index (κ3) is 5.30. The number of sulfone groups is 1. The number of esters is 1. The van der Waals surface area contributed by atoms with Gasteiger partial charge in [-0.3, -0.25) is 0 Å². The van der Waals surface area contributed by atoms with E-state index in [1.54, 1.807) is 19.1 Å². The molecule has 0 saturated heterocycles. The Balaban J connectivity index is 2.57. The summed E-state index contributed by atoms with van der Waals surface area (Å²) in [5.74, 6) is -0.586. The number of nitrogens with two attached hydrogens (primary N) is 1. The summed E-state index contributed by atoms with van der Waals surface area (Å²) in [5, 5.41) is 0. The topological polar surface area (TPSA) is 86.5 Å². The van der Waals surface area contributed by atoms with Crippen molar-refractivity contribution in [2.75, 3.05) is 23.8 Å². The standard InChI is InChI=1S/C13H19NO4S/c1-3-5-19(16,17)6-4-18-13(15)11-7-10(2)8-12(14)9-11/h7-9H,3-6,14H2,1-2H3. The zero-order chi connectivity index (χ0) is 14.5. The van der Waals surface area contributed by atoms with Crippen molar-refractivity contribution < 1.29 is 17.9 Å². The van der Waals surface area contributed by atoms with Gasteiger partial charge in [0.2, 0.25) is 0 Å². The minimum atomic E-state index is -3.13. The Morgan fingerprint density at radius 3 is 2.53 bits per heavy atom. The van der Waals surface area contributed by atoms with Crippen molar-refractivity contribution in [1.82, 2.24) is 0 Å². The molecule has 0 radical (unpaired) electrons. The van der Waals surface area contributed by atoms with Crippen LogP contribution in [0.4, 0.5) is 5.69 Å². The molecule has 0 atom stereocenters. The van der Waals surface area contributed by atoms with E-state index in [0.717, 1.165) is 5.56 Å². The largest absolute Gasteiger partial charge is 0.461 e. The molecule has 0 fully saturated rings. The second-order valence-corrected chi connectivity index (χ2v) is 6.72. The van der Waals surface area contributed by atoms with Crippen molar-refractivity contribution in [3.8, 4) is 0 Å². The van der Waals surface area contributed by atoms with Gasteiger partial charge in [0.25, 0.3) is 0 Å². The van der Waals surface area contributed by atoms with Crippen LogP contribution in [0.5, 0.6) is 0 Å². The molecule has 0 amide bonds. The van der Waals surface area contributed by atoms with Gasteiger partial charge in [-0.15, -0.1) is 0 Å². The molecule has 106 valence electrons. The number of hydrogen-bond acceptors (Lipinski definition) is 5. The Labute approximate surface area is 113 Å². The van der Waals surface area contributed by atoms with Gasteiger partial charge in [0.1, 0.15) is 6.61 Å². The molecule has 5 nitrogen and oxygen atoms in total. The van der Waals surface area contributed by atoms with E-state index in [2.05, 4.69) is 0 Å². The molecule has 0 bridgehead atoms. The fourth-order valence-corrected chi connectivity index (χ4v) is 2.85. The third-order valence-electron chi connectivity index (χ3n) is 2.48.